The number of benzene rings is 1. The van der Waals surface area contributed by atoms with Crippen LogP contribution in [0, 0.1) is 11.6 Å². The van der Waals surface area contributed by atoms with Crippen molar-refractivity contribution in [3.05, 3.63) is 48.1 Å². The number of amides is 1. The van der Waals surface area contributed by atoms with Crippen molar-refractivity contribution in [2.75, 3.05) is 7.05 Å². The molecule has 0 saturated carbocycles. The third-order valence-corrected chi connectivity index (χ3v) is 2.51. The zero-order chi connectivity index (χ0) is 12.3. The topological polar surface area (TPSA) is 20.3 Å². The Hall–Kier alpha value is -1.71. The van der Waals surface area contributed by atoms with Crippen LogP contribution in [0.4, 0.5) is 8.78 Å². The quantitative estimate of drug-likeness (QED) is 0.724. The van der Waals surface area contributed by atoms with Crippen LogP contribution in [0.5, 0.6) is 0 Å². The average molecular weight is 225 g/mol. The Morgan fingerprint density at radius 2 is 2.12 bits per heavy atom. The molecule has 4 heteroatoms. The van der Waals surface area contributed by atoms with E-state index >= 15 is 0 Å². The van der Waals surface area contributed by atoms with Crippen molar-refractivity contribution in [1.82, 2.24) is 4.90 Å². The van der Waals surface area contributed by atoms with Crippen LogP contribution in [-0.4, -0.2) is 17.9 Å². The zero-order valence-electron chi connectivity index (χ0n) is 9.21. The first kappa shape index (κ1) is 12.4. The molecule has 1 unspecified atom stereocenters. The fourth-order valence-corrected chi connectivity index (χ4v) is 1.38. The molecule has 0 fully saturated rings. The van der Waals surface area contributed by atoms with Gasteiger partial charge in [0, 0.05) is 12.6 Å². The van der Waals surface area contributed by atoms with Gasteiger partial charge in [0.25, 0.3) is 0 Å². The van der Waals surface area contributed by atoms with Gasteiger partial charge in [-0.05, 0) is 31.2 Å². The van der Waals surface area contributed by atoms with E-state index in [9.17, 15) is 13.6 Å². The fraction of sp³-hybridized carbons (Fsp3) is 0.250. The molecular weight excluding hydrogens is 212 g/mol. The van der Waals surface area contributed by atoms with E-state index in [0.29, 0.717) is 0 Å². The lowest BCUT2D eigenvalue weighted by Gasteiger charge is -2.24. The van der Waals surface area contributed by atoms with E-state index in [1.165, 1.54) is 11.9 Å². The maximum atomic E-state index is 13.4. The van der Waals surface area contributed by atoms with E-state index in [1.54, 1.807) is 6.92 Å². The van der Waals surface area contributed by atoms with E-state index in [4.69, 9.17) is 0 Å². The summed E-state index contributed by atoms with van der Waals surface area (Å²) >= 11 is 0. The number of carbonyl (C=O) groups is 1. The summed E-state index contributed by atoms with van der Waals surface area (Å²) in [6, 6.07) is 2.64. The summed E-state index contributed by atoms with van der Waals surface area (Å²) in [5, 5.41) is 0. The molecule has 1 aromatic carbocycles. The van der Waals surface area contributed by atoms with Gasteiger partial charge in [-0.1, -0.05) is 6.58 Å². The van der Waals surface area contributed by atoms with Crippen molar-refractivity contribution in [3.63, 3.8) is 0 Å². The molecule has 1 rings (SSSR count). The summed E-state index contributed by atoms with van der Waals surface area (Å²) in [4.78, 5) is 12.6. The highest BCUT2D eigenvalue weighted by atomic mass is 19.1. The van der Waals surface area contributed by atoms with Gasteiger partial charge >= 0.3 is 0 Å². The Morgan fingerprint density at radius 3 is 2.69 bits per heavy atom. The predicted octanol–water partition coefficient (Wildman–Crippen LogP) is 2.67. The van der Waals surface area contributed by atoms with Gasteiger partial charge in [-0.25, -0.2) is 8.78 Å². The van der Waals surface area contributed by atoms with Crippen molar-refractivity contribution in [2.45, 2.75) is 13.0 Å². The maximum absolute atomic E-state index is 13.4. The lowest BCUT2D eigenvalue weighted by molar-refractivity contribution is -0.126. The second kappa shape index (κ2) is 4.88. The molecule has 0 spiro atoms. The highest BCUT2D eigenvalue weighted by Crippen LogP contribution is 2.22. The molecule has 1 aromatic rings. The number of halogens is 2. The van der Waals surface area contributed by atoms with Crippen molar-refractivity contribution in [3.8, 4) is 0 Å². The fourth-order valence-electron chi connectivity index (χ4n) is 1.38. The molecule has 2 nitrogen and oxygen atoms in total. The molecule has 0 bridgehead atoms. The Bertz CT molecular complexity index is 417. The van der Waals surface area contributed by atoms with E-state index in [0.717, 1.165) is 24.3 Å². The van der Waals surface area contributed by atoms with E-state index in [2.05, 4.69) is 6.58 Å². The third-order valence-electron chi connectivity index (χ3n) is 2.51. The number of nitrogens with zero attached hydrogens (tertiary/aromatic N) is 1. The lowest BCUT2D eigenvalue weighted by atomic mass is 10.1. The number of carbonyl (C=O) groups excluding carboxylic acids is 1. The third kappa shape index (κ3) is 2.45. The van der Waals surface area contributed by atoms with Gasteiger partial charge in [0.15, 0.2) is 0 Å². The summed E-state index contributed by atoms with van der Waals surface area (Å²) in [7, 11) is 1.51. The van der Waals surface area contributed by atoms with Crippen LogP contribution in [0.3, 0.4) is 0 Å². The summed E-state index contributed by atoms with van der Waals surface area (Å²) in [5.41, 5.74) is 0.151. The van der Waals surface area contributed by atoms with Crippen molar-refractivity contribution >= 4 is 5.91 Å². The van der Waals surface area contributed by atoms with Gasteiger partial charge < -0.3 is 4.90 Å². The van der Waals surface area contributed by atoms with Gasteiger partial charge in [-0.15, -0.1) is 0 Å². The minimum Gasteiger partial charge on any atom is -0.335 e. The molecule has 0 radical (unpaired) electrons. The smallest absolute Gasteiger partial charge is 0.246 e. The highest BCUT2D eigenvalue weighted by molar-refractivity contribution is 5.87. The summed E-state index contributed by atoms with van der Waals surface area (Å²) in [5.74, 6) is -1.39. The Morgan fingerprint density at radius 1 is 1.50 bits per heavy atom. The van der Waals surface area contributed by atoms with Gasteiger partial charge in [-0.3, -0.25) is 4.79 Å². The second-order valence-electron chi connectivity index (χ2n) is 3.50. The Balaban J connectivity index is 3.04. The van der Waals surface area contributed by atoms with Crippen molar-refractivity contribution < 1.29 is 13.6 Å². The molecule has 1 atom stereocenters. The van der Waals surface area contributed by atoms with Crippen LogP contribution < -0.4 is 0 Å². The van der Waals surface area contributed by atoms with Gasteiger partial charge in [0.2, 0.25) is 5.91 Å². The number of likely N-dealkylation sites (N-methyl/N-ethyl adjacent to an activating group) is 1. The maximum Gasteiger partial charge on any atom is 0.246 e. The SMILES string of the molecule is C=CC(=O)N(C)C(C)c1cc(F)ccc1F. The monoisotopic (exact) mass is 225 g/mol. The van der Waals surface area contributed by atoms with E-state index in [1.807, 2.05) is 0 Å². The Kier molecular flexibility index (Phi) is 3.77. The summed E-state index contributed by atoms with van der Waals surface area (Å²) < 4.78 is 26.4. The number of hydrogen-bond acceptors (Lipinski definition) is 1. The first-order chi connectivity index (χ1) is 7.47. The first-order valence-corrected chi connectivity index (χ1v) is 4.81. The van der Waals surface area contributed by atoms with Crippen LogP contribution in [0.2, 0.25) is 0 Å². The number of hydrogen-bond donors (Lipinski definition) is 0. The van der Waals surface area contributed by atoms with Crippen molar-refractivity contribution in [1.29, 1.82) is 0 Å². The van der Waals surface area contributed by atoms with Crippen LogP contribution in [0.1, 0.15) is 18.5 Å². The first-order valence-electron chi connectivity index (χ1n) is 4.81. The predicted molar refractivity (Wildman–Crippen MR) is 57.7 cm³/mol. The molecule has 0 saturated heterocycles. The normalized spacial score (nSPS) is 12.0. The minimum atomic E-state index is -0.541. The van der Waals surface area contributed by atoms with Crippen molar-refractivity contribution in [2.24, 2.45) is 0 Å². The van der Waals surface area contributed by atoms with E-state index < -0.39 is 17.7 Å². The Labute approximate surface area is 93.2 Å². The molecule has 86 valence electrons. The van der Waals surface area contributed by atoms with E-state index in [-0.39, 0.29) is 11.5 Å². The lowest BCUT2D eigenvalue weighted by Crippen LogP contribution is -2.28. The molecule has 16 heavy (non-hydrogen) atoms. The number of rotatable bonds is 3. The molecule has 0 aliphatic carbocycles. The van der Waals surface area contributed by atoms with Crippen LogP contribution >= 0.6 is 0 Å². The molecular formula is C12H13F2NO. The van der Waals surface area contributed by atoms with Gasteiger partial charge in [0.05, 0.1) is 6.04 Å². The molecule has 0 aliphatic rings. The zero-order valence-corrected chi connectivity index (χ0v) is 9.21. The molecule has 0 aromatic heterocycles. The van der Waals surface area contributed by atoms with Gasteiger partial charge in [-0.2, -0.15) is 0 Å². The average Bonchev–Trinajstić information content (AvgIpc) is 2.29. The van der Waals surface area contributed by atoms with Crippen LogP contribution in [0.25, 0.3) is 0 Å². The molecule has 0 aliphatic heterocycles. The molecule has 0 N–H and O–H groups in total. The van der Waals surface area contributed by atoms with Gasteiger partial charge in [0.1, 0.15) is 11.6 Å². The summed E-state index contributed by atoms with van der Waals surface area (Å²) in [6.45, 7) is 4.96. The second-order valence-corrected chi connectivity index (χ2v) is 3.50. The standard InChI is InChI=1S/C12H13F2NO/c1-4-12(16)15(3)8(2)10-7-9(13)5-6-11(10)14/h4-8H,1H2,2-3H3. The largest absolute Gasteiger partial charge is 0.335 e. The molecule has 1 amide bonds. The summed E-state index contributed by atoms with van der Waals surface area (Å²) in [6.07, 6.45) is 1.13. The molecule has 0 heterocycles. The minimum absolute atomic E-state index is 0.151. The van der Waals surface area contributed by atoms with Crippen LogP contribution in [-0.2, 0) is 4.79 Å². The van der Waals surface area contributed by atoms with Crippen LogP contribution in [0.15, 0.2) is 30.9 Å². The highest BCUT2D eigenvalue weighted by Gasteiger charge is 2.18.